The minimum absolute atomic E-state index is 0.767. The van der Waals surface area contributed by atoms with Gasteiger partial charge in [-0.3, -0.25) is 0 Å². The van der Waals surface area contributed by atoms with Crippen LogP contribution in [0.3, 0.4) is 0 Å². The van der Waals surface area contributed by atoms with Gasteiger partial charge in [0.1, 0.15) is 5.82 Å². The van der Waals surface area contributed by atoms with E-state index in [1.54, 1.807) is 0 Å². The molecule has 0 aliphatic rings. The van der Waals surface area contributed by atoms with Crippen molar-refractivity contribution in [3.05, 3.63) is 54.1 Å². The molecule has 0 radical (unpaired) electrons. The number of aryl methyl sites for hydroxylation is 1. The lowest BCUT2D eigenvalue weighted by Gasteiger charge is -2.11. The van der Waals surface area contributed by atoms with Gasteiger partial charge in [0.05, 0.1) is 5.52 Å². The fourth-order valence-electron chi connectivity index (χ4n) is 2.31. The summed E-state index contributed by atoms with van der Waals surface area (Å²) in [5.74, 6) is 1.67. The smallest absolute Gasteiger partial charge is 0.162 e. The van der Waals surface area contributed by atoms with Gasteiger partial charge in [0, 0.05) is 17.5 Å². The number of rotatable bonds is 3. The predicted molar refractivity (Wildman–Crippen MR) is 83.9 cm³/mol. The second-order valence-corrected chi connectivity index (χ2v) is 4.76. The molecule has 0 aliphatic heterocycles. The fraction of sp³-hybridized carbons (Fsp3) is 0.176. The van der Waals surface area contributed by atoms with Crippen molar-refractivity contribution in [2.75, 3.05) is 11.9 Å². The normalized spacial score (nSPS) is 10.7. The highest BCUT2D eigenvalue weighted by Gasteiger charge is 2.09. The summed E-state index contributed by atoms with van der Waals surface area (Å²) >= 11 is 0. The Morgan fingerprint density at radius 3 is 2.50 bits per heavy atom. The first-order valence-electron chi connectivity index (χ1n) is 6.86. The van der Waals surface area contributed by atoms with Crippen LogP contribution in [0.15, 0.2) is 48.5 Å². The maximum Gasteiger partial charge on any atom is 0.162 e. The van der Waals surface area contributed by atoms with Crippen LogP contribution in [-0.4, -0.2) is 16.5 Å². The van der Waals surface area contributed by atoms with Crippen LogP contribution >= 0.6 is 0 Å². The third-order valence-electron chi connectivity index (χ3n) is 3.30. The summed E-state index contributed by atoms with van der Waals surface area (Å²) in [7, 11) is 0. The summed E-state index contributed by atoms with van der Waals surface area (Å²) in [6.45, 7) is 5.00. The first-order chi connectivity index (χ1) is 9.79. The summed E-state index contributed by atoms with van der Waals surface area (Å²) in [6, 6.07) is 16.3. The first kappa shape index (κ1) is 12.6. The predicted octanol–water partition coefficient (Wildman–Crippen LogP) is 4.04. The van der Waals surface area contributed by atoms with Gasteiger partial charge in [0.15, 0.2) is 5.82 Å². The van der Waals surface area contributed by atoms with E-state index in [1.165, 1.54) is 5.56 Å². The van der Waals surface area contributed by atoms with Gasteiger partial charge >= 0.3 is 0 Å². The Labute approximate surface area is 118 Å². The van der Waals surface area contributed by atoms with Crippen molar-refractivity contribution in [2.45, 2.75) is 13.8 Å². The van der Waals surface area contributed by atoms with Gasteiger partial charge in [-0.05, 0) is 25.5 Å². The van der Waals surface area contributed by atoms with Crippen LogP contribution in [0.2, 0.25) is 0 Å². The molecule has 3 heteroatoms. The molecular formula is C17H17N3. The van der Waals surface area contributed by atoms with E-state index in [4.69, 9.17) is 4.98 Å². The van der Waals surface area contributed by atoms with Crippen molar-refractivity contribution < 1.29 is 0 Å². The molecule has 2 aromatic carbocycles. The summed E-state index contributed by atoms with van der Waals surface area (Å²) < 4.78 is 0. The zero-order chi connectivity index (χ0) is 13.9. The van der Waals surface area contributed by atoms with Crippen LogP contribution < -0.4 is 5.32 Å². The molecule has 0 saturated heterocycles. The standard InChI is InChI=1S/C17H17N3/c1-3-18-17-14-11-7-8-12(2)15(14)19-16(20-17)13-9-5-4-6-10-13/h4-11H,3H2,1-2H3,(H,18,19,20). The van der Waals surface area contributed by atoms with E-state index in [0.717, 1.165) is 34.7 Å². The topological polar surface area (TPSA) is 37.8 Å². The molecule has 0 saturated carbocycles. The summed E-state index contributed by atoms with van der Waals surface area (Å²) in [5.41, 5.74) is 3.22. The Morgan fingerprint density at radius 1 is 0.950 bits per heavy atom. The Kier molecular flexibility index (Phi) is 3.33. The van der Waals surface area contributed by atoms with E-state index in [9.17, 15) is 0 Å². The van der Waals surface area contributed by atoms with Crippen LogP contribution in [0.4, 0.5) is 5.82 Å². The summed E-state index contributed by atoms with van der Waals surface area (Å²) in [6.07, 6.45) is 0. The molecule has 20 heavy (non-hydrogen) atoms. The number of para-hydroxylation sites is 1. The molecule has 1 N–H and O–H groups in total. The van der Waals surface area contributed by atoms with E-state index < -0.39 is 0 Å². The van der Waals surface area contributed by atoms with Gasteiger partial charge in [-0.15, -0.1) is 0 Å². The Bertz CT molecular complexity index is 736. The van der Waals surface area contributed by atoms with Crippen LogP contribution in [0.25, 0.3) is 22.3 Å². The molecule has 100 valence electrons. The molecule has 0 atom stereocenters. The van der Waals surface area contributed by atoms with Crippen molar-refractivity contribution in [3.63, 3.8) is 0 Å². The molecular weight excluding hydrogens is 246 g/mol. The highest BCUT2D eigenvalue weighted by molar-refractivity contribution is 5.92. The highest BCUT2D eigenvalue weighted by Crippen LogP contribution is 2.26. The van der Waals surface area contributed by atoms with Gasteiger partial charge in [-0.25, -0.2) is 9.97 Å². The fourth-order valence-corrected chi connectivity index (χ4v) is 2.31. The number of hydrogen-bond acceptors (Lipinski definition) is 3. The van der Waals surface area contributed by atoms with Crippen molar-refractivity contribution in [1.82, 2.24) is 9.97 Å². The van der Waals surface area contributed by atoms with Crippen molar-refractivity contribution in [2.24, 2.45) is 0 Å². The number of aromatic nitrogens is 2. The quantitative estimate of drug-likeness (QED) is 0.775. The van der Waals surface area contributed by atoms with Crippen molar-refractivity contribution in [1.29, 1.82) is 0 Å². The monoisotopic (exact) mass is 263 g/mol. The molecule has 3 nitrogen and oxygen atoms in total. The zero-order valence-corrected chi connectivity index (χ0v) is 11.7. The lowest BCUT2D eigenvalue weighted by atomic mass is 10.1. The van der Waals surface area contributed by atoms with Gasteiger partial charge in [-0.1, -0.05) is 42.5 Å². The first-order valence-corrected chi connectivity index (χ1v) is 6.86. The maximum absolute atomic E-state index is 4.74. The SMILES string of the molecule is CCNc1nc(-c2ccccc2)nc2c(C)cccc12. The molecule has 1 heterocycles. The Balaban J connectivity index is 2.27. The van der Waals surface area contributed by atoms with E-state index >= 15 is 0 Å². The molecule has 0 unspecified atom stereocenters. The molecule has 0 spiro atoms. The second-order valence-electron chi connectivity index (χ2n) is 4.76. The minimum atomic E-state index is 0.767. The highest BCUT2D eigenvalue weighted by atomic mass is 15.0. The molecule has 0 fully saturated rings. The summed E-state index contributed by atoms with van der Waals surface area (Å²) in [5, 5.41) is 4.41. The Morgan fingerprint density at radius 2 is 1.75 bits per heavy atom. The van der Waals surface area contributed by atoms with E-state index in [2.05, 4.69) is 36.3 Å². The van der Waals surface area contributed by atoms with Crippen LogP contribution in [-0.2, 0) is 0 Å². The van der Waals surface area contributed by atoms with Crippen molar-refractivity contribution in [3.8, 4) is 11.4 Å². The average molecular weight is 263 g/mol. The number of fused-ring (bicyclic) bond motifs is 1. The largest absolute Gasteiger partial charge is 0.370 e. The number of nitrogens with zero attached hydrogens (tertiary/aromatic N) is 2. The number of benzene rings is 2. The van der Waals surface area contributed by atoms with Gasteiger partial charge < -0.3 is 5.32 Å². The third-order valence-corrected chi connectivity index (χ3v) is 3.30. The van der Waals surface area contributed by atoms with Crippen LogP contribution in [0.1, 0.15) is 12.5 Å². The molecule has 3 aromatic rings. The third kappa shape index (κ3) is 2.23. The van der Waals surface area contributed by atoms with Crippen LogP contribution in [0.5, 0.6) is 0 Å². The van der Waals surface area contributed by atoms with Crippen LogP contribution in [0, 0.1) is 6.92 Å². The minimum Gasteiger partial charge on any atom is -0.370 e. The number of hydrogen-bond donors (Lipinski definition) is 1. The molecule has 3 rings (SSSR count). The zero-order valence-electron chi connectivity index (χ0n) is 11.7. The summed E-state index contributed by atoms with van der Waals surface area (Å²) in [4.78, 5) is 9.42. The van der Waals surface area contributed by atoms with Gasteiger partial charge in [0.2, 0.25) is 0 Å². The molecule has 0 bridgehead atoms. The van der Waals surface area contributed by atoms with E-state index in [1.807, 2.05) is 36.4 Å². The lowest BCUT2D eigenvalue weighted by molar-refractivity contribution is 1.14. The van der Waals surface area contributed by atoms with Gasteiger partial charge in [0.25, 0.3) is 0 Å². The average Bonchev–Trinajstić information content (AvgIpc) is 2.49. The van der Waals surface area contributed by atoms with E-state index in [-0.39, 0.29) is 0 Å². The number of nitrogens with one attached hydrogen (secondary N) is 1. The molecule has 0 aliphatic carbocycles. The van der Waals surface area contributed by atoms with Crippen molar-refractivity contribution >= 4 is 16.7 Å². The number of anilines is 1. The molecule has 1 aromatic heterocycles. The van der Waals surface area contributed by atoms with Gasteiger partial charge in [-0.2, -0.15) is 0 Å². The van der Waals surface area contributed by atoms with E-state index in [0.29, 0.717) is 0 Å². The second kappa shape index (κ2) is 5.29. The Hall–Kier alpha value is -2.42. The lowest BCUT2D eigenvalue weighted by Crippen LogP contribution is -2.03. The molecule has 0 amide bonds. The maximum atomic E-state index is 4.74.